The lowest BCUT2D eigenvalue weighted by atomic mass is 9.98. The third kappa shape index (κ3) is 9.05. The number of methoxy groups -OCH3 is 1. The Bertz CT molecular complexity index is 1600. The second kappa shape index (κ2) is 16.5. The number of carboxylic acid groups (broad SMARTS) is 1. The summed E-state index contributed by atoms with van der Waals surface area (Å²) in [6.45, 7) is 9.78. The summed E-state index contributed by atoms with van der Waals surface area (Å²) in [5, 5.41) is 18.5. The van der Waals surface area contributed by atoms with Crippen LogP contribution in [0.1, 0.15) is 63.3 Å². The van der Waals surface area contributed by atoms with E-state index in [0.717, 1.165) is 11.1 Å². The number of aliphatic carboxylic acids is 1. The lowest BCUT2D eigenvalue weighted by Crippen LogP contribution is -2.48. The van der Waals surface area contributed by atoms with Crippen molar-refractivity contribution in [1.29, 1.82) is 0 Å². The molecule has 11 nitrogen and oxygen atoms in total. The van der Waals surface area contributed by atoms with Crippen LogP contribution in [0.5, 0.6) is 5.75 Å². The van der Waals surface area contributed by atoms with Gasteiger partial charge in [-0.1, -0.05) is 68.4 Å². The number of hydrogen-bond acceptors (Lipinski definition) is 6. The van der Waals surface area contributed by atoms with Gasteiger partial charge >= 0.3 is 18.0 Å². The number of aryl methyl sites for hydroxylation is 1. The highest BCUT2D eigenvalue weighted by Crippen LogP contribution is 2.34. The first kappa shape index (κ1) is 37.8. The third-order valence-corrected chi connectivity index (χ3v) is 8.39. The average Bonchev–Trinajstić information content (AvgIpc) is 3.19. The molecule has 4 rings (SSSR count). The summed E-state index contributed by atoms with van der Waals surface area (Å²) in [6.07, 6.45) is 0.403. The van der Waals surface area contributed by atoms with E-state index in [1.54, 1.807) is 36.9 Å². The number of para-hydroxylation sites is 1. The van der Waals surface area contributed by atoms with Crippen molar-refractivity contribution in [1.82, 2.24) is 15.1 Å². The molecule has 1 aliphatic rings. The van der Waals surface area contributed by atoms with Crippen molar-refractivity contribution in [3.63, 3.8) is 0 Å². The fourth-order valence-electron chi connectivity index (χ4n) is 5.83. The minimum Gasteiger partial charge on any atom is -0.495 e. The van der Waals surface area contributed by atoms with Crippen LogP contribution in [0, 0.1) is 12.8 Å². The van der Waals surface area contributed by atoms with Crippen molar-refractivity contribution in [3.8, 4) is 5.75 Å². The van der Waals surface area contributed by atoms with Gasteiger partial charge in [0.1, 0.15) is 11.3 Å². The van der Waals surface area contributed by atoms with E-state index in [-0.39, 0.29) is 43.7 Å². The SMILES string of the molecule is COc1cc(CN2C(=O)N(C(CNC(CC(=O)O)c3ccccc3)CC(C)C)C(=O)C2(C)C)ccc1NC(=O)Nc1ccccc1C.Cl. The number of ether oxygens (including phenoxy) is 1. The molecule has 12 heteroatoms. The number of carbonyl (C=O) groups excluding carboxylic acids is 3. The molecule has 0 aromatic heterocycles. The Morgan fingerprint density at radius 2 is 1.58 bits per heavy atom. The predicted molar refractivity (Wildman–Crippen MR) is 189 cm³/mol. The third-order valence-electron chi connectivity index (χ3n) is 8.39. The number of halogens is 1. The van der Waals surface area contributed by atoms with Gasteiger partial charge < -0.3 is 30.7 Å². The Kier molecular flexibility index (Phi) is 13.0. The maximum absolute atomic E-state index is 14.0. The van der Waals surface area contributed by atoms with Crippen molar-refractivity contribution >= 4 is 47.7 Å². The highest BCUT2D eigenvalue weighted by molar-refractivity contribution is 6.07. The molecule has 1 aliphatic heterocycles. The van der Waals surface area contributed by atoms with Gasteiger partial charge in [0.2, 0.25) is 0 Å². The maximum atomic E-state index is 14.0. The van der Waals surface area contributed by atoms with E-state index >= 15 is 0 Å². The van der Waals surface area contributed by atoms with Gasteiger partial charge in [0.15, 0.2) is 0 Å². The Morgan fingerprint density at radius 3 is 2.21 bits per heavy atom. The molecular formula is C36H46ClN5O6. The maximum Gasteiger partial charge on any atom is 0.328 e. The van der Waals surface area contributed by atoms with E-state index in [2.05, 4.69) is 16.0 Å². The zero-order chi connectivity index (χ0) is 34.3. The Morgan fingerprint density at radius 1 is 0.938 bits per heavy atom. The number of benzene rings is 3. The molecule has 2 unspecified atom stereocenters. The number of urea groups is 2. The van der Waals surface area contributed by atoms with Crippen LogP contribution in [0.3, 0.4) is 0 Å². The van der Waals surface area contributed by atoms with Gasteiger partial charge in [-0.2, -0.15) is 0 Å². The van der Waals surface area contributed by atoms with Crippen molar-refractivity contribution in [3.05, 3.63) is 89.5 Å². The molecule has 1 heterocycles. The second-order valence-electron chi connectivity index (χ2n) is 12.8. The predicted octanol–water partition coefficient (Wildman–Crippen LogP) is 6.83. The molecular weight excluding hydrogens is 634 g/mol. The minimum atomic E-state index is -1.14. The number of anilines is 2. The summed E-state index contributed by atoms with van der Waals surface area (Å²) in [4.78, 5) is 55.2. The first-order valence-electron chi connectivity index (χ1n) is 15.8. The fourth-order valence-corrected chi connectivity index (χ4v) is 5.83. The summed E-state index contributed by atoms with van der Waals surface area (Å²) >= 11 is 0. The highest BCUT2D eigenvalue weighted by atomic mass is 35.5. The monoisotopic (exact) mass is 679 g/mol. The van der Waals surface area contributed by atoms with Gasteiger partial charge in [0.25, 0.3) is 5.91 Å². The Labute approximate surface area is 288 Å². The van der Waals surface area contributed by atoms with Crippen LogP contribution in [0.15, 0.2) is 72.8 Å². The first-order valence-corrected chi connectivity index (χ1v) is 15.8. The molecule has 4 N–H and O–H groups in total. The number of carboxylic acids is 1. The average molecular weight is 680 g/mol. The lowest BCUT2D eigenvalue weighted by molar-refractivity contribution is -0.138. The Balaban J connectivity index is 0.00000625. The van der Waals surface area contributed by atoms with Crippen LogP contribution in [-0.2, 0) is 16.1 Å². The molecule has 258 valence electrons. The number of amides is 5. The second-order valence-corrected chi connectivity index (χ2v) is 12.8. The number of imide groups is 1. The number of nitrogens with zero attached hydrogens (tertiary/aromatic N) is 2. The standard InChI is InChI=1S/C36H45N5O6.ClH/c1-23(2)18-27(21-37-30(20-32(42)43)26-13-8-7-9-14-26)41-33(44)36(4,5)40(35(41)46)22-25-16-17-29(31(19-25)47-6)39-34(45)38-28-15-11-10-12-24(28)3;/h7-17,19,23,27,30,37H,18,20-22H2,1-6H3,(H,42,43)(H2,38,39,45);1H. The highest BCUT2D eigenvalue weighted by Gasteiger charge is 2.53. The molecule has 3 aromatic carbocycles. The minimum absolute atomic E-state index is 0. The summed E-state index contributed by atoms with van der Waals surface area (Å²) in [6, 6.07) is 20.1. The van der Waals surface area contributed by atoms with Gasteiger partial charge in [-0.15, -0.1) is 12.4 Å². The molecule has 3 aromatic rings. The molecule has 2 atom stereocenters. The fraction of sp³-hybridized carbons (Fsp3) is 0.389. The largest absolute Gasteiger partial charge is 0.495 e. The van der Waals surface area contributed by atoms with Gasteiger partial charge in [-0.05, 0) is 68.0 Å². The molecule has 1 saturated heterocycles. The van der Waals surface area contributed by atoms with Crippen molar-refractivity contribution in [2.75, 3.05) is 24.3 Å². The molecule has 0 aliphatic carbocycles. The normalized spacial score (nSPS) is 15.1. The van der Waals surface area contributed by atoms with Crippen LogP contribution in [0.4, 0.5) is 21.0 Å². The van der Waals surface area contributed by atoms with Gasteiger partial charge in [-0.3, -0.25) is 14.5 Å². The molecule has 0 saturated carbocycles. The van der Waals surface area contributed by atoms with Gasteiger partial charge in [0.05, 0.1) is 25.3 Å². The van der Waals surface area contributed by atoms with E-state index in [1.165, 1.54) is 12.0 Å². The zero-order valence-corrected chi connectivity index (χ0v) is 29.1. The topological polar surface area (TPSA) is 140 Å². The number of rotatable bonds is 14. The molecule has 48 heavy (non-hydrogen) atoms. The van der Waals surface area contributed by atoms with Crippen molar-refractivity contribution < 1.29 is 29.0 Å². The van der Waals surface area contributed by atoms with E-state index in [0.29, 0.717) is 29.1 Å². The summed E-state index contributed by atoms with van der Waals surface area (Å²) in [7, 11) is 1.50. The molecule has 1 fully saturated rings. The van der Waals surface area contributed by atoms with E-state index in [1.807, 2.05) is 75.4 Å². The van der Waals surface area contributed by atoms with E-state index in [9.17, 15) is 24.3 Å². The quantitative estimate of drug-likeness (QED) is 0.137. The number of carbonyl (C=O) groups is 4. The van der Waals surface area contributed by atoms with E-state index in [4.69, 9.17) is 4.74 Å². The molecule has 0 bridgehead atoms. The zero-order valence-electron chi connectivity index (χ0n) is 28.3. The smallest absolute Gasteiger partial charge is 0.328 e. The number of hydrogen-bond donors (Lipinski definition) is 4. The van der Waals surface area contributed by atoms with E-state index < -0.39 is 35.7 Å². The van der Waals surface area contributed by atoms with Crippen LogP contribution in [-0.4, -0.2) is 64.1 Å². The molecule has 5 amide bonds. The first-order chi connectivity index (χ1) is 22.3. The van der Waals surface area contributed by atoms with Crippen LogP contribution >= 0.6 is 12.4 Å². The lowest BCUT2D eigenvalue weighted by Gasteiger charge is -2.30. The van der Waals surface area contributed by atoms with Crippen LogP contribution in [0.2, 0.25) is 0 Å². The van der Waals surface area contributed by atoms with Crippen molar-refractivity contribution in [2.45, 2.75) is 71.6 Å². The molecule has 0 spiro atoms. The summed E-state index contributed by atoms with van der Waals surface area (Å²) < 4.78 is 5.57. The van der Waals surface area contributed by atoms with Crippen molar-refractivity contribution in [2.24, 2.45) is 5.92 Å². The summed E-state index contributed by atoms with van der Waals surface area (Å²) in [5.74, 6) is -0.692. The van der Waals surface area contributed by atoms with Gasteiger partial charge in [-0.25, -0.2) is 9.59 Å². The number of nitrogens with one attached hydrogen (secondary N) is 3. The van der Waals surface area contributed by atoms with Gasteiger partial charge in [0, 0.05) is 24.8 Å². The molecule has 0 radical (unpaired) electrons. The summed E-state index contributed by atoms with van der Waals surface area (Å²) in [5.41, 5.74) is 2.46. The Hall–Kier alpha value is -4.61. The van der Waals surface area contributed by atoms with Crippen LogP contribution in [0.25, 0.3) is 0 Å². The van der Waals surface area contributed by atoms with Crippen LogP contribution < -0.4 is 20.7 Å².